The highest BCUT2D eigenvalue weighted by atomic mass is 16.4. The van der Waals surface area contributed by atoms with Gasteiger partial charge in [0.2, 0.25) is 5.91 Å². The Morgan fingerprint density at radius 2 is 1.75 bits per heavy atom. The molecule has 2 atom stereocenters. The maximum atomic E-state index is 12.0. The molecule has 0 bridgehead atoms. The van der Waals surface area contributed by atoms with Crippen molar-refractivity contribution in [3.05, 3.63) is 0 Å². The number of hydrogen-bond acceptors (Lipinski definition) is 4. The fourth-order valence-corrected chi connectivity index (χ4v) is 2.03. The number of carbonyl (C=O) groups excluding carboxylic acids is 2. The van der Waals surface area contributed by atoms with E-state index >= 15 is 0 Å². The molecule has 0 saturated carbocycles. The van der Waals surface area contributed by atoms with E-state index in [4.69, 9.17) is 10.2 Å². The maximum absolute atomic E-state index is 12.0. The molecule has 2 unspecified atom stereocenters. The molecule has 0 aliphatic carbocycles. The number of nitrogens with one attached hydrogen (secondary N) is 2. The van der Waals surface area contributed by atoms with E-state index in [-0.39, 0.29) is 5.91 Å². The van der Waals surface area contributed by atoms with Crippen LogP contribution in [-0.4, -0.2) is 64.8 Å². The van der Waals surface area contributed by atoms with Gasteiger partial charge in [0.1, 0.15) is 6.04 Å². The maximum Gasteiger partial charge on any atom is 0.328 e. The first-order valence-corrected chi connectivity index (χ1v) is 6.65. The number of carboxylic acids is 1. The SMILES string of the molecule is CC(NC(=O)NC(CO)C(=O)O)C(=O)N1CCCCC1. The summed E-state index contributed by atoms with van der Waals surface area (Å²) in [4.78, 5) is 35.9. The van der Waals surface area contributed by atoms with Gasteiger partial charge in [-0.05, 0) is 26.2 Å². The van der Waals surface area contributed by atoms with Gasteiger partial charge in [0.15, 0.2) is 6.04 Å². The average molecular weight is 287 g/mol. The molecule has 3 amide bonds. The van der Waals surface area contributed by atoms with Gasteiger partial charge in [0.25, 0.3) is 0 Å². The second kappa shape index (κ2) is 7.68. The van der Waals surface area contributed by atoms with Gasteiger partial charge in [0.05, 0.1) is 6.61 Å². The number of aliphatic hydroxyl groups excluding tert-OH is 1. The predicted molar refractivity (Wildman–Crippen MR) is 70.1 cm³/mol. The van der Waals surface area contributed by atoms with Gasteiger partial charge in [-0.1, -0.05) is 0 Å². The lowest BCUT2D eigenvalue weighted by atomic mass is 10.1. The van der Waals surface area contributed by atoms with Crippen molar-refractivity contribution >= 4 is 17.9 Å². The number of aliphatic hydroxyl groups is 1. The van der Waals surface area contributed by atoms with Gasteiger partial charge in [-0.15, -0.1) is 0 Å². The molecule has 1 saturated heterocycles. The van der Waals surface area contributed by atoms with Crippen LogP contribution in [0.3, 0.4) is 0 Å². The van der Waals surface area contributed by atoms with Gasteiger partial charge in [-0.3, -0.25) is 4.79 Å². The molecule has 20 heavy (non-hydrogen) atoms. The van der Waals surface area contributed by atoms with Crippen molar-refractivity contribution in [1.29, 1.82) is 0 Å². The van der Waals surface area contributed by atoms with Crippen molar-refractivity contribution in [2.75, 3.05) is 19.7 Å². The van der Waals surface area contributed by atoms with Crippen LogP contribution in [-0.2, 0) is 9.59 Å². The van der Waals surface area contributed by atoms with Crippen molar-refractivity contribution in [3.63, 3.8) is 0 Å². The third kappa shape index (κ3) is 4.69. The Labute approximate surface area is 117 Å². The smallest absolute Gasteiger partial charge is 0.328 e. The summed E-state index contributed by atoms with van der Waals surface area (Å²) in [7, 11) is 0. The summed E-state index contributed by atoms with van der Waals surface area (Å²) in [6.45, 7) is 2.20. The zero-order valence-corrected chi connectivity index (χ0v) is 11.5. The summed E-state index contributed by atoms with van der Waals surface area (Å²) in [6, 6.07) is -2.90. The topological polar surface area (TPSA) is 119 Å². The number of urea groups is 1. The summed E-state index contributed by atoms with van der Waals surface area (Å²) in [5, 5.41) is 22.0. The minimum Gasteiger partial charge on any atom is -0.480 e. The number of nitrogens with zero attached hydrogens (tertiary/aromatic N) is 1. The Morgan fingerprint density at radius 3 is 2.25 bits per heavy atom. The lowest BCUT2D eigenvalue weighted by molar-refractivity contribution is -0.140. The summed E-state index contributed by atoms with van der Waals surface area (Å²) in [6.07, 6.45) is 3.01. The lowest BCUT2D eigenvalue weighted by Crippen LogP contribution is -2.54. The standard InChI is InChI=1S/C12H21N3O5/c1-8(10(17)15-5-3-2-4-6-15)13-12(20)14-9(7-16)11(18)19/h8-9,16H,2-7H2,1H3,(H,18,19)(H2,13,14,20). The lowest BCUT2D eigenvalue weighted by Gasteiger charge is -2.29. The normalized spacial score (nSPS) is 18.0. The van der Waals surface area contributed by atoms with E-state index in [0.29, 0.717) is 13.1 Å². The molecule has 4 N–H and O–H groups in total. The zero-order chi connectivity index (χ0) is 15.1. The largest absolute Gasteiger partial charge is 0.480 e. The van der Waals surface area contributed by atoms with Crippen LogP contribution in [0, 0.1) is 0 Å². The van der Waals surface area contributed by atoms with E-state index in [0.717, 1.165) is 19.3 Å². The van der Waals surface area contributed by atoms with E-state index in [9.17, 15) is 14.4 Å². The molecule has 0 spiro atoms. The fourth-order valence-electron chi connectivity index (χ4n) is 2.03. The van der Waals surface area contributed by atoms with Gasteiger partial charge in [0, 0.05) is 13.1 Å². The molecule has 1 fully saturated rings. The number of likely N-dealkylation sites (tertiary alicyclic amines) is 1. The van der Waals surface area contributed by atoms with E-state index in [1.165, 1.54) is 0 Å². The van der Waals surface area contributed by atoms with E-state index in [1.807, 2.05) is 0 Å². The van der Waals surface area contributed by atoms with Crippen LogP contribution >= 0.6 is 0 Å². The molecule has 0 aromatic rings. The summed E-state index contributed by atoms with van der Waals surface area (Å²) in [5.41, 5.74) is 0. The highest BCUT2D eigenvalue weighted by Gasteiger charge is 2.25. The highest BCUT2D eigenvalue weighted by Crippen LogP contribution is 2.09. The Bertz CT molecular complexity index is 368. The predicted octanol–water partition coefficient (Wildman–Crippen LogP) is -0.868. The van der Waals surface area contributed by atoms with Crippen LogP contribution in [0.5, 0.6) is 0 Å². The Kier molecular flexibility index (Phi) is 6.23. The van der Waals surface area contributed by atoms with Crippen LogP contribution in [0.4, 0.5) is 4.79 Å². The second-order valence-corrected chi connectivity index (χ2v) is 4.80. The van der Waals surface area contributed by atoms with Gasteiger partial charge < -0.3 is 25.7 Å². The third-order valence-corrected chi connectivity index (χ3v) is 3.17. The van der Waals surface area contributed by atoms with Gasteiger partial charge in [-0.25, -0.2) is 9.59 Å². The molecule has 1 rings (SSSR count). The van der Waals surface area contributed by atoms with Crippen molar-refractivity contribution < 1.29 is 24.6 Å². The Balaban J connectivity index is 2.43. The first kappa shape index (κ1) is 16.2. The van der Waals surface area contributed by atoms with Crippen molar-refractivity contribution in [3.8, 4) is 0 Å². The van der Waals surface area contributed by atoms with Crippen LogP contribution in [0.15, 0.2) is 0 Å². The summed E-state index contributed by atoms with van der Waals surface area (Å²) >= 11 is 0. The molecule has 1 heterocycles. The van der Waals surface area contributed by atoms with Gasteiger partial charge >= 0.3 is 12.0 Å². The third-order valence-electron chi connectivity index (χ3n) is 3.17. The molecule has 0 aromatic carbocycles. The molecule has 0 radical (unpaired) electrons. The molecule has 8 nitrogen and oxygen atoms in total. The van der Waals surface area contributed by atoms with Crippen molar-refractivity contribution in [2.45, 2.75) is 38.3 Å². The second-order valence-electron chi connectivity index (χ2n) is 4.80. The molecule has 1 aliphatic heterocycles. The molecule has 0 aromatic heterocycles. The average Bonchev–Trinajstić information content (AvgIpc) is 2.44. The van der Waals surface area contributed by atoms with Crippen LogP contribution in [0.1, 0.15) is 26.2 Å². The number of piperidine rings is 1. The number of carboxylic acid groups (broad SMARTS) is 1. The number of hydrogen-bond donors (Lipinski definition) is 4. The number of rotatable bonds is 5. The quantitative estimate of drug-likeness (QED) is 0.524. The Hall–Kier alpha value is -1.83. The van der Waals surface area contributed by atoms with Crippen molar-refractivity contribution in [1.82, 2.24) is 15.5 Å². The molecular formula is C12H21N3O5. The molecule has 8 heteroatoms. The Morgan fingerprint density at radius 1 is 1.15 bits per heavy atom. The van der Waals surface area contributed by atoms with Crippen LogP contribution in [0.2, 0.25) is 0 Å². The minimum absolute atomic E-state index is 0.185. The van der Waals surface area contributed by atoms with Crippen LogP contribution < -0.4 is 10.6 Å². The minimum atomic E-state index is -1.38. The number of carbonyl (C=O) groups is 3. The van der Waals surface area contributed by atoms with E-state index < -0.39 is 30.7 Å². The molecule has 1 aliphatic rings. The number of amides is 3. The zero-order valence-electron chi connectivity index (χ0n) is 11.5. The molecule has 114 valence electrons. The monoisotopic (exact) mass is 287 g/mol. The van der Waals surface area contributed by atoms with E-state index in [1.54, 1.807) is 11.8 Å². The number of aliphatic carboxylic acids is 1. The fraction of sp³-hybridized carbons (Fsp3) is 0.750. The van der Waals surface area contributed by atoms with E-state index in [2.05, 4.69) is 10.6 Å². The first-order valence-electron chi connectivity index (χ1n) is 6.65. The first-order chi connectivity index (χ1) is 9.45. The molecular weight excluding hydrogens is 266 g/mol. The van der Waals surface area contributed by atoms with Gasteiger partial charge in [-0.2, -0.15) is 0 Å². The summed E-state index contributed by atoms with van der Waals surface area (Å²) < 4.78 is 0. The van der Waals surface area contributed by atoms with Crippen molar-refractivity contribution in [2.24, 2.45) is 0 Å². The highest BCUT2D eigenvalue weighted by molar-refractivity contribution is 5.88. The summed E-state index contributed by atoms with van der Waals surface area (Å²) in [5.74, 6) is -1.52. The van der Waals surface area contributed by atoms with Crippen LogP contribution in [0.25, 0.3) is 0 Å².